The van der Waals surface area contributed by atoms with Crippen LogP contribution in [-0.2, 0) is 9.59 Å². The highest BCUT2D eigenvalue weighted by Crippen LogP contribution is 2.37. The van der Waals surface area contributed by atoms with Gasteiger partial charge in [-0.3, -0.25) is 24.5 Å². The van der Waals surface area contributed by atoms with Crippen molar-refractivity contribution >= 4 is 52.6 Å². The maximum atomic E-state index is 13.7. The molecule has 0 saturated heterocycles. The molecule has 6 aromatic rings. The SMILES string of the molecule is Cc1cc([N+](=O)[O-])ccc1NC(=O)C(Sc1ccc(NC(=O)/C(=C/c2ccc(-c3ccccc3)cc2)NC(=O)c2ccccc2)cc1)c1ccccc1. The van der Waals surface area contributed by atoms with E-state index in [-0.39, 0.29) is 17.3 Å². The zero-order valence-corrected chi connectivity index (χ0v) is 29.4. The van der Waals surface area contributed by atoms with Crippen molar-refractivity contribution < 1.29 is 19.3 Å². The lowest BCUT2D eigenvalue weighted by molar-refractivity contribution is -0.384. The van der Waals surface area contributed by atoms with E-state index in [1.54, 1.807) is 61.5 Å². The number of carbonyl (C=O) groups is 3. The van der Waals surface area contributed by atoms with Crippen LogP contribution in [0.3, 0.4) is 0 Å². The maximum absolute atomic E-state index is 13.7. The number of non-ortho nitro benzene ring substituents is 1. The number of hydrogen-bond donors (Lipinski definition) is 3. The Labute approximate surface area is 310 Å². The van der Waals surface area contributed by atoms with Gasteiger partial charge in [0.2, 0.25) is 5.91 Å². The van der Waals surface area contributed by atoms with Gasteiger partial charge in [-0.1, -0.05) is 103 Å². The van der Waals surface area contributed by atoms with Crippen LogP contribution in [0.15, 0.2) is 168 Å². The van der Waals surface area contributed by atoms with Gasteiger partial charge in [-0.05, 0) is 83.3 Å². The van der Waals surface area contributed by atoms with Crippen molar-refractivity contribution in [3.05, 3.63) is 196 Å². The number of hydrogen-bond acceptors (Lipinski definition) is 6. The molecule has 0 spiro atoms. The molecule has 3 amide bonds. The Morgan fingerprint density at radius 3 is 1.92 bits per heavy atom. The highest BCUT2D eigenvalue weighted by molar-refractivity contribution is 8.00. The van der Waals surface area contributed by atoms with Crippen molar-refractivity contribution in [1.29, 1.82) is 0 Å². The van der Waals surface area contributed by atoms with E-state index in [4.69, 9.17) is 0 Å². The highest BCUT2D eigenvalue weighted by atomic mass is 32.2. The van der Waals surface area contributed by atoms with Gasteiger partial charge in [0, 0.05) is 34.0 Å². The predicted molar refractivity (Wildman–Crippen MR) is 210 cm³/mol. The monoisotopic (exact) mass is 718 g/mol. The first-order valence-corrected chi connectivity index (χ1v) is 17.5. The third kappa shape index (κ3) is 9.52. The summed E-state index contributed by atoms with van der Waals surface area (Å²) in [6, 6.07) is 47.0. The number of amides is 3. The summed E-state index contributed by atoms with van der Waals surface area (Å²) in [7, 11) is 0. The van der Waals surface area contributed by atoms with E-state index in [0.29, 0.717) is 22.5 Å². The summed E-state index contributed by atoms with van der Waals surface area (Å²) < 4.78 is 0. The van der Waals surface area contributed by atoms with Crippen molar-refractivity contribution in [3.63, 3.8) is 0 Å². The molecule has 3 N–H and O–H groups in total. The molecule has 0 aliphatic heterocycles. The van der Waals surface area contributed by atoms with Crippen molar-refractivity contribution in [3.8, 4) is 11.1 Å². The summed E-state index contributed by atoms with van der Waals surface area (Å²) in [4.78, 5) is 51.9. The number of nitro benzene ring substituents is 1. The fraction of sp³-hybridized carbons (Fsp3) is 0.0465. The van der Waals surface area contributed by atoms with Gasteiger partial charge in [0.15, 0.2) is 0 Å². The molecule has 0 saturated carbocycles. The van der Waals surface area contributed by atoms with Crippen molar-refractivity contribution in [2.75, 3.05) is 10.6 Å². The number of carbonyl (C=O) groups excluding carboxylic acids is 3. The maximum Gasteiger partial charge on any atom is 0.272 e. The molecule has 262 valence electrons. The van der Waals surface area contributed by atoms with E-state index in [1.165, 1.54) is 30.0 Å². The lowest BCUT2D eigenvalue weighted by Gasteiger charge is -2.18. The first-order chi connectivity index (χ1) is 25.7. The van der Waals surface area contributed by atoms with E-state index in [2.05, 4.69) is 16.0 Å². The Morgan fingerprint density at radius 1 is 0.698 bits per heavy atom. The highest BCUT2D eigenvalue weighted by Gasteiger charge is 2.23. The van der Waals surface area contributed by atoms with Gasteiger partial charge in [-0.25, -0.2) is 0 Å². The van der Waals surface area contributed by atoms with Crippen LogP contribution in [0.1, 0.15) is 32.3 Å². The van der Waals surface area contributed by atoms with Crippen LogP contribution in [0.25, 0.3) is 17.2 Å². The fourth-order valence-electron chi connectivity index (χ4n) is 5.46. The molecule has 1 unspecified atom stereocenters. The number of nitro groups is 1. The number of thioether (sulfide) groups is 1. The average Bonchev–Trinajstić information content (AvgIpc) is 3.19. The standard InChI is InChI=1S/C43H34N4O5S/c1-29-27-36(47(51)52)23-26-38(29)45-43(50)40(33-13-7-3-8-14-33)53-37-24-21-35(22-25-37)44-42(49)39(46-41(48)34-15-9-4-10-16-34)28-30-17-19-32(20-18-30)31-11-5-2-6-12-31/h2-28,40H,1H3,(H,44,49)(H,45,50)(H,46,48)/b39-28-. The van der Waals surface area contributed by atoms with Crippen molar-refractivity contribution in [2.45, 2.75) is 17.1 Å². The predicted octanol–water partition coefficient (Wildman–Crippen LogP) is 9.45. The van der Waals surface area contributed by atoms with Crippen LogP contribution in [0, 0.1) is 17.0 Å². The molecule has 0 aliphatic rings. The minimum Gasteiger partial charge on any atom is -0.325 e. The van der Waals surface area contributed by atoms with E-state index < -0.39 is 22.0 Å². The first kappa shape index (κ1) is 36.0. The Balaban J connectivity index is 1.19. The third-order valence-corrected chi connectivity index (χ3v) is 9.51. The zero-order valence-electron chi connectivity index (χ0n) is 28.6. The van der Waals surface area contributed by atoms with E-state index in [9.17, 15) is 24.5 Å². The molecule has 53 heavy (non-hydrogen) atoms. The average molecular weight is 719 g/mol. The Kier molecular flexibility index (Phi) is 11.5. The van der Waals surface area contributed by atoms with Gasteiger partial charge in [0.1, 0.15) is 10.9 Å². The number of rotatable bonds is 12. The zero-order chi connectivity index (χ0) is 37.2. The van der Waals surface area contributed by atoms with E-state index in [0.717, 1.165) is 27.1 Å². The van der Waals surface area contributed by atoms with Gasteiger partial charge >= 0.3 is 0 Å². The number of nitrogens with zero attached hydrogens (tertiary/aromatic N) is 1. The number of aryl methyl sites for hydroxylation is 1. The smallest absolute Gasteiger partial charge is 0.272 e. The molecule has 10 heteroatoms. The van der Waals surface area contributed by atoms with Crippen LogP contribution in [0.2, 0.25) is 0 Å². The molecule has 0 aromatic heterocycles. The first-order valence-electron chi connectivity index (χ1n) is 16.7. The molecule has 9 nitrogen and oxygen atoms in total. The largest absolute Gasteiger partial charge is 0.325 e. The second-order valence-corrected chi connectivity index (χ2v) is 13.2. The van der Waals surface area contributed by atoms with Gasteiger partial charge in [0.25, 0.3) is 17.5 Å². The summed E-state index contributed by atoms with van der Waals surface area (Å²) in [6.45, 7) is 1.70. The van der Waals surface area contributed by atoms with Crippen LogP contribution >= 0.6 is 11.8 Å². The van der Waals surface area contributed by atoms with Gasteiger partial charge in [-0.15, -0.1) is 11.8 Å². The molecule has 0 heterocycles. The molecule has 6 rings (SSSR count). The Bertz CT molecular complexity index is 2260. The number of anilines is 2. The number of benzene rings is 6. The number of nitrogens with one attached hydrogen (secondary N) is 3. The van der Waals surface area contributed by atoms with Crippen LogP contribution in [0.5, 0.6) is 0 Å². The third-order valence-electron chi connectivity index (χ3n) is 8.24. The van der Waals surface area contributed by atoms with E-state index in [1.807, 2.05) is 91.0 Å². The second kappa shape index (κ2) is 17.0. The van der Waals surface area contributed by atoms with Gasteiger partial charge < -0.3 is 16.0 Å². The molecular weight excluding hydrogens is 685 g/mol. The Morgan fingerprint density at radius 2 is 1.30 bits per heavy atom. The quantitative estimate of drug-likeness (QED) is 0.0500. The molecule has 6 aromatic carbocycles. The molecule has 0 fully saturated rings. The lowest BCUT2D eigenvalue weighted by Crippen LogP contribution is -2.30. The molecule has 1 atom stereocenters. The Hall–Kier alpha value is -6.78. The normalized spacial score (nSPS) is 11.6. The fourth-order valence-corrected chi connectivity index (χ4v) is 6.49. The summed E-state index contributed by atoms with van der Waals surface area (Å²) >= 11 is 1.32. The second-order valence-electron chi connectivity index (χ2n) is 12.0. The lowest BCUT2D eigenvalue weighted by atomic mass is 10.0. The van der Waals surface area contributed by atoms with Gasteiger partial charge in [-0.2, -0.15) is 0 Å². The van der Waals surface area contributed by atoms with Crippen LogP contribution < -0.4 is 16.0 Å². The molecular formula is C43H34N4O5S. The topological polar surface area (TPSA) is 130 Å². The minimum absolute atomic E-state index is 0.0552. The van der Waals surface area contributed by atoms with Crippen molar-refractivity contribution in [2.24, 2.45) is 0 Å². The molecule has 0 bridgehead atoms. The summed E-state index contributed by atoms with van der Waals surface area (Å²) in [5.41, 5.74) is 5.54. The van der Waals surface area contributed by atoms with E-state index >= 15 is 0 Å². The minimum atomic E-state index is -0.651. The summed E-state index contributed by atoms with van der Waals surface area (Å²) in [6.07, 6.45) is 1.63. The molecule has 0 radical (unpaired) electrons. The summed E-state index contributed by atoms with van der Waals surface area (Å²) in [5, 5.41) is 19.1. The van der Waals surface area contributed by atoms with Crippen molar-refractivity contribution in [1.82, 2.24) is 5.32 Å². The van der Waals surface area contributed by atoms with Gasteiger partial charge in [0.05, 0.1) is 4.92 Å². The molecule has 0 aliphatic carbocycles. The van der Waals surface area contributed by atoms with Crippen LogP contribution in [-0.4, -0.2) is 22.6 Å². The van der Waals surface area contributed by atoms with Crippen LogP contribution in [0.4, 0.5) is 17.1 Å². The summed E-state index contributed by atoms with van der Waals surface area (Å²) in [5.74, 6) is -1.23.